The summed E-state index contributed by atoms with van der Waals surface area (Å²) in [5.74, 6) is -4.57. The summed E-state index contributed by atoms with van der Waals surface area (Å²) in [6.07, 6.45) is -1.15. The van der Waals surface area contributed by atoms with Gasteiger partial charge in [-0.05, 0) is 41.5 Å². The second kappa shape index (κ2) is 29.8. The van der Waals surface area contributed by atoms with Gasteiger partial charge < -0.3 is 29.3 Å². The fourth-order valence-electron chi connectivity index (χ4n) is 1.24. The first-order valence-electron chi connectivity index (χ1n) is 10.3. The van der Waals surface area contributed by atoms with Gasteiger partial charge in [0, 0.05) is 24.8 Å². The van der Waals surface area contributed by atoms with Crippen LogP contribution >= 0.6 is 0 Å². The van der Waals surface area contributed by atoms with Gasteiger partial charge in [-0.2, -0.15) is 0 Å². The molecule has 0 rings (SSSR count). The molecule has 0 saturated carbocycles. The standard InChI is InChI=1S/2C6H10O3.2C4H6O3.C2H3O.Al/c2*1-3-9-6(8)4-5(2)7;2*1-3(5)2-4(6)7;1-2-3;/h2*3-4H2,1-2H3;2*2H2,1H3,(H,6,7);1H3;/q;;;;;+2/p-2. The Kier molecular flexibility index (Phi) is 35.5. The minimum absolute atomic E-state index is 0.0833. The molecule has 0 heterocycles. The Bertz CT molecular complexity index is 658. The van der Waals surface area contributed by atoms with Crippen molar-refractivity contribution in [2.24, 2.45) is 0 Å². The normalized spacial score (nSPS) is 8.25. The number of carboxylic acids is 2. The number of carbonyl (C=O) groups is 9. The van der Waals surface area contributed by atoms with Crippen molar-refractivity contribution in [1.82, 2.24) is 0 Å². The number of ketones is 4. The molecule has 0 aromatic heterocycles. The van der Waals surface area contributed by atoms with Gasteiger partial charge in [0.2, 0.25) is 0 Å². The third kappa shape index (κ3) is 77.4. The summed E-state index contributed by atoms with van der Waals surface area (Å²) < 4.78 is 9.07. The van der Waals surface area contributed by atoms with E-state index in [-0.39, 0.29) is 40.6 Å². The number of hydrogen-bond donors (Lipinski definition) is 0. The summed E-state index contributed by atoms with van der Waals surface area (Å²) in [5, 5.41) is 19.0. The van der Waals surface area contributed by atoms with E-state index in [9.17, 15) is 53.4 Å². The number of rotatable bonds is 10. The van der Waals surface area contributed by atoms with Gasteiger partial charge in [-0.3, -0.25) is 28.8 Å². The topological polar surface area (TPSA) is 218 Å². The van der Waals surface area contributed by atoms with Crippen LogP contribution in [-0.4, -0.2) is 81.2 Å². The monoisotopic (exact) mass is 532 g/mol. The molecular formula is C22H33AlO13. The predicted molar refractivity (Wildman–Crippen MR) is 121 cm³/mol. The number of carbonyl (C=O) groups excluding carboxylic acids is 9. The number of esters is 2. The van der Waals surface area contributed by atoms with E-state index in [0.717, 1.165) is 0 Å². The third-order valence-corrected chi connectivity index (χ3v) is 2.18. The van der Waals surface area contributed by atoms with Gasteiger partial charge in [-0.25, -0.2) is 0 Å². The molecule has 202 valence electrons. The van der Waals surface area contributed by atoms with E-state index < -0.39 is 36.7 Å². The molecular weight excluding hydrogens is 499 g/mol. The van der Waals surface area contributed by atoms with Crippen LogP contribution in [0.1, 0.15) is 74.1 Å². The van der Waals surface area contributed by atoms with Gasteiger partial charge in [-0.1, -0.05) is 0 Å². The molecule has 0 radical (unpaired) electrons. The van der Waals surface area contributed by atoms with Crippen molar-refractivity contribution in [1.29, 1.82) is 0 Å². The molecule has 0 aliphatic rings. The van der Waals surface area contributed by atoms with Crippen LogP contribution in [0.4, 0.5) is 0 Å². The number of Topliss-reactive ketones (excluding diaryl/α,β-unsaturated/α-hetero) is 4. The van der Waals surface area contributed by atoms with Crippen molar-refractivity contribution in [3.05, 3.63) is 0 Å². The van der Waals surface area contributed by atoms with Crippen molar-refractivity contribution >= 4 is 67.9 Å². The Morgan fingerprint density at radius 1 is 0.528 bits per heavy atom. The van der Waals surface area contributed by atoms with Crippen molar-refractivity contribution in [2.75, 3.05) is 13.2 Å². The summed E-state index contributed by atoms with van der Waals surface area (Å²) in [6, 6.07) is 0. The van der Waals surface area contributed by atoms with Crippen LogP contribution in [0.25, 0.3) is 0 Å². The van der Waals surface area contributed by atoms with Gasteiger partial charge in [0.15, 0.2) is 0 Å². The number of hydrogen-bond acceptors (Lipinski definition) is 13. The predicted octanol–water partition coefficient (Wildman–Crippen LogP) is -1.81. The average Bonchev–Trinajstić information content (AvgIpc) is 2.59. The summed E-state index contributed by atoms with van der Waals surface area (Å²) in [6.45, 7) is 10.7. The molecule has 0 aliphatic heterocycles. The molecule has 14 heteroatoms. The van der Waals surface area contributed by atoms with E-state index in [1.54, 1.807) is 13.8 Å². The Balaban J connectivity index is -0.000000114. The molecule has 0 spiro atoms. The zero-order valence-corrected chi connectivity index (χ0v) is 22.8. The maximum absolute atomic E-state index is 10.4. The summed E-state index contributed by atoms with van der Waals surface area (Å²) in [4.78, 5) is 89.3. The van der Waals surface area contributed by atoms with Gasteiger partial charge in [0.25, 0.3) is 0 Å². The zero-order chi connectivity index (χ0) is 29.9. The first-order chi connectivity index (χ1) is 16.3. The molecule has 0 aromatic carbocycles. The SMILES string of the molecule is CC(=O)CC(=O)[O-].CC(=O)CC(=O)[O-].CCOC(=O)CC(C)=O.CCOC(=O)CC(C)=O.C[C](=O)[Al+2]. The fraction of sp³-hybridized carbons (Fsp3) is 0.591. The van der Waals surface area contributed by atoms with Gasteiger partial charge in [0.05, 0.1) is 13.2 Å². The van der Waals surface area contributed by atoms with Crippen LogP contribution in [0.2, 0.25) is 0 Å². The van der Waals surface area contributed by atoms with E-state index >= 15 is 0 Å². The number of ether oxygens (including phenoxy) is 2. The summed E-state index contributed by atoms with van der Waals surface area (Å²) in [5.41, 5.74) is 0. The van der Waals surface area contributed by atoms with E-state index in [2.05, 4.69) is 9.47 Å². The van der Waals surface area contributed by atoms with E-state index in [1.165, 1.54) is 34.6 Å². The second-order valence-corrected chi connectivity index (χ2v) is 7.29. The Morgan fingerprint density at radius 2 is 0.722 bits per heavy atom. The molecule has 0 atom stereocenters. The van der Waals surface area contributed by atoms with Crippen LogP contribution in [0.3, 0.4) is 0 Å². The van der Waals surface area contributed by atoms with Gasteiger partial charge in [0.1, 0.15) is 36.0 Å². The summed E-state index contributed by atoms with van der Waals surface area (Å²) in [7, 11) is 0. The van der Waals surface area contributed by atoms with E-state index in [0.29, 0.717) is 13.2 Å². The Labute approximate surface area is 218 Å². The Morgan fingerprint density at radius 3 is 0.806 bits per heavy atom. The van der Waals surface area contributed by atoms with Crippen molar-refractivity contribution in [3.63, 3.8) is 0 Å². The van der Waals surface area contributed by atoms with Crippen molar-refractivity contribution in [3.8, 4) is 0 Å². The number of carboxylic acid groups (broad SMARTS) is 2. The molecule has 0 fully saturated rings. The van der Waals surface area contributed by atoms with E-state index in [4.69, 9.17) is 0 Å². The molecule has 0 N–H and O–H groups in total. The third-order valence-electron chi connectivity index (χ3n) is 2.18. The first-order valence-corrected chi connectivity index (χ1v) is 10.8. The van der Waals surface area contributed by atoms with E-state index in [1.807, 2.05) is 16.3 Å². The van der Waals surface area contributed by atoms with Crippen LogP contribution in [0.5, 0.6) is 0 Å². The Hall–Kier alpha value is -3.24. The fourth-order valence-corrected chi connectivity index (χ4v) is 1.24. The van der Waals surface area contributed by atoms with Crippen LogP contribution in [0, 0.1) is 0 Å². The summed E-state index contributed by atoms with van der Waals surface area (Å²) >= 11 is 2.02. The zero-order valence-electron chi connectivity index (χ0n) is 21.6. The van der Waals surface area contributed by atoms with Crippen molar-refractivity contribution in [2.45, 2.75) is 74.1 Å². The van der Waals surface area contributed by atoms with Crippen LogP contribution in [-0.2, 0) is 52.6 Å². The minimum atomic E-state index is -1.31. The average molecular weight is 532 g/mol. The first kappa shape index (κ1) is 42.9. The molecule has 0 bridgehead atoms. The molecule has 0 aromatic rings. The maximum atomic E-state index is 10.4. The number of aliphatic carboxylic acids is 2. The van der Waals surface area contributed by atoms with Gasteiger partial charge >= 0.3 is 44.6 Å². The molecule has 0 aliphatic carbocycles. The van der Waals surface area contributed by atoms with Crippen molar-refractivity contribution < 1.29 is 62.8 Å². The molecule has 13 nitrogen and oxygen atoms in total. The molecule has 0 amide bonds. The van der Waals surface area contributed by atoms with Gasteiger partial charge in [-0.15, -0.1) is 0 Å². The molecule has 36 heavy (non-hydrogen) atoms. The molecule has 0 saturated heterocycles. The quantitative estimate of drug-likeness (QED) is 0.172. The second-order valence-electron chi connectivity index (χ2n) is 6.48. The van der Waals surface area contributed by atoms with Crippen LogP contribution in [0.15, 0.2) is 0 Å². The van der Waals surface area contributed by atoms with Crippen LogP contribution < -0.4 is 10.2 Å². The molecule has 0 unspecified atom stereocenters.